The molecule has 22 heavy (non-hydrogen) atoms. The molecule has 2 aromatic rings. The van der Waals surface area contributed by atoms with Crippen LogP contribution < -0.4 is 15.4 Å². The second-order valence-electron chi connectivity index (χ2n) is 5.54. The molecule has 1 fully saturated rings. The average Bonchev–Trinajstić information content (AvgIpc) is 2.61. The van der Waals surface area contributed by atoms with E-state index in [1.807, 2.05) is 36.5 Å². The molecule has 1 aromatic heterocycles. The molecule has 0 amide bonds. The number of rotatable bonds is 5. The lowest BCUT2D eigenvalue weighted by Gasteiger charge is -2.30. The van der Waals surface area contributed by atoms with E-state index < -0.39 is 0 Å². The van der Waals surface area contributed by atoms with Gasteiger partial charge in [-0.1, -0.05) is 37.3 Å². The van der Waals surface area contributed by atoms with Crippen molar-refractivity contribution in [3.05, 3.63) is 54.0 Å². The Morgan fingerprint density at radius 3 is 2.86 bits per heavy atom. The molecule has 2 N–H and O–H groups in total. The van der Waals surface area contributed by atoms with Crippen LogP contribution in [-0.4, -0.2) is 29.1 Å². The normalized spacial score (nSPS) is 21.5. The molecule has 0 aliphatic carbocycles. The molecule has 2 atom stereocenters. The lowest BCUT2D eigenvalue weighted by atomic mass is 10.1. The molecule has 1 aromatic carbocycles. The van der Waals surface area contributed by atoms with Crippen LogP contribution >= 0.6 is 0 Å². The van der Waals surface area contributed by atoms with E-state index in [0.29, 0.717) is 18.5 Å². The van der Waals surface area contributed by atoms with Crippen LogP contribution in [0.3, 0.4) is 0 Å². The molecule has 0 spiro atoms. The first-order chi connectivity index (χ1) is 10.8. The van der Waals surface area contributed by atoms with Crippen LogP contribution in [0.2, 0.25) is 0 Å². The summed E-state index contributed by atoms with van der Waals surface area (Å²) >= 11 is 0. The summed E-state index contributed by atoms with van der Waals surface area (Å²) in [5.74, 6) is 0.571. The molecular formula is C17H22N4O. The Kier molecular flexibility index (Phi) is 4.98. The van der Waals surface area contributed by atoms with E-state index in [2.05, 4.69) is 27.5 Å². The summed E-state index contributed by atoms with van der Waals surface area (Å²) in [4.78, 5) is 8.86. The predicted octanol–water partition coefficient (Wildman–Crippen LogP) is 2.07. The molecule has 5 heteroatoms. The van der Waals surface area contributed by atoms with E-state index in [0.717, 1.165) is 30.8 Å². The molecule has 2 heterocycles. The summed E-state index contributed by atoms with van der Waals surface area (Å²) < 4.78 is 5.75. The Hall–Kier alpha value is -1.98. The first kappa shape index (κ1) is 14.9. The van der Waals surface area contributed by atoms with Gasteiger partial charge >= 0.3 is 0 Å². The summed E-state index contributed by atoms with van der Waals surface area (Å²) in [7, 11) is 0. The number of hydrogen-bond acceptors (Lipinski definition) is 5. The highest BCUT2D eigenvalue weighted by Gasteiger charge is 2.22. The van der Waals surface area contributed by atoms with Crippen LogP contribution in [0.5, 0.6) is 5.88 Å². The van der Waals surface area contributed by atoms with Gasteiger partial charge in [-0.25, -0.2) is 4.98 Å². The van der Waals surface area contributed by atoms with Gasteiger partial charge in [0.1, 0.15) is 6.61 Å². The van der Waals surface area contributed by atoms with Gasteiger partial charge in [-0.3, -0.25) is 4.98 Å². The minimum atomic E-state index is 0.187. The predicted molar refractivity (Wildman–Crippen MR) is 85.6 cm³/mol. The molecule has 1 aliphatic heterocycles. The second-order valence-corrected chi connectivity index (χ2v) is 5.54. The molecule has 0 saturated carbocycles. The Morgan fingerprint density at radius 1 is 1.18 bits per heavy atom. The first-order valence-corrected chi connectivity index (χ1v) is 7.80. The summed E-state index contributed by atoms with van der Waals surface area (Å²) in [6.07, 6.45) is 4.58. The van der Waals surface area contributed by atoms with Crippen LogP contribution in [0, 0.1) is 0 Å². The fraction of sp³-hybridized carbons (Fsp3) is 0.412. The highest BCUT2D eigenvalue weighted by molar-refractivity contribution is 5.16. The number of ether oxygens (including phenoxy) is 1. The summed E-state index contributed by atoms with van der Waals surface area (Å²) in [5, 5.41) is 7.04. The van der Waals surface area contributed by atoms with Crippen LogP contribution in [-0.2, 0) is 6.61 Å². The lowest BCUT2D eigenvalue weighted by molar-refractivity contribution is 0.286. The third kappa shape index (κ3) is 3.81. The lowest BCUT2D eigenvalue weighted by Crippen LogP contribution is -2.50. The van der Waals surface area contributed by atoms with Crippen LogP contribution in [0.25, 0.3) is 0 Å². The number of hydrogen-bond donors (Lipinski definition) is 2. The van der Waals surface area contributed by atoms with Crippen LogP contribution in [0.15, 0.2) is 42.7 Å². The van der Waals surface area contributed by atoms with Crippen molar-refractivity contribution in [3.8, 4) is 5.88 Å². The van der Waals surface area contributed by atoms with Crippen molar-refractivity contribution in [2.75, 3.05) is 13.1 Å². The third-order valence-corrected chi connectivity index (χ3v) is 3.89. The molecule has 3 rings (SSSR count). The summed E-state index contributed by atoms with van der Waals surface area (Å²) in [6, 6.07) is 10.7. The van der Waals surface area contributed by atoms with Crippen molar-refractivity contribution >= 4 is 0 Å². The topological polar surface area (TPSA) is 59.1 Å². The summed E-state index contributed by atoms with van der Waals surface area (Å²) in [6.45, 7) is 4.57. The van der Waals surface area contributed by atoms with Crippen molar-refractivity contribution in [2.45, 2.75) is 32.0 Å². The molecule has 5 nitrogen and oxygen atoms in total. The maximum Gasteiger partial charge on any atom is 0.232 e. The molecule has 2 unspecified atom stereocenters. The number of aromatic nitrogens is 2. The molecular weight excluding hydrogens is 276 g/mol. The highest BCUT2D eigenvalue weighted by Crippen LogP contribution is 2.16. The van der Waals surface area contributed by atoms with Gasteiger partial charge in [0.25, 0.3) is 0 Å². The summed E-state index contributed by atoms with van der Waals surface area (Å²) in [5.41, 5.74) is 2.05. The Bertz CT molecular complexity index is 590. The largest absolute Gasteiger partial charge is 0.472 e. The number of benzene rings is 1. The molecule has 0 radical (unpaired) electrons. The fourth-order valence-corrected chi connectivity index (χ4v) is 2.59. The van der Waals surface area contributed by atoms with E-state index in [9.17, 15) is 0 Å². The smallest absolute Gasteiger partial charge is 0.232 e. The van der Waals surface area contributed by atoms with Gasteiger partial charge < -0.3 is 15.4 Å². The zero-order valence-corrected chi connectivity index (χ0v) is 12.8. The Balaban J connectivity index is 1.64. The maximum atomic E-state index is 5.75. The van der Waals surface area contributed by atoms with Gasteiger partial charge in [0.2, 0.25) is 5.88 Å². The van der Waals surface area contributed by atoms with E-state index in [1.165, 1.54) is 0 Å². The van der Waals surface area contributed by atoms with Gasteiger partial charge in [0.05, 0.1) is 24.1 Å². The van der Waals surface area contributed by atoms with Crippen molar-refractivity contribution < 1.29 is 4.74 Å². The quantitative estimate of drug-likeness (QED) is 0.885. The van der Waals surface area contributed by atoms with E-state index in [1.54, 1.807) is 6.20 Å². The molecule has 1 aliphatic rings. The number of nitrogens with zero attached hydrogens (tertiary/aromatic N) is 2. The fourth-order valence-electron chi connectivity index (χ4n) is 2.59. The van der Waals surface area contributed by atoms with Gasteiger partial charge in [0.15, 0.2) is 0 Å². The number of nitrogens with one attached hydrogen (secondary N) is 2. The standard InChI is InChI=1S/C17H22N4O/c1-2-14-8-18-9-15(20-14)16-10-19-11-17(21-16)22-12-13-6-4-3-5-7-13/h3-7,10-11,14-15,18,20H,2,8-9,12H2,1H3. The van der Waals surface area contributed by atoms with Crippen molar-refractivity contribution in [2.24, 2.45) is 0 Å². The van der Waals surface area contributed by atoms with Crippen LogP contribution in [0.4, 0.5) is 0 Å². The van der Waals surface area contributed by atoms with Crippen molar-refractivity contribution in [3.63, 3.8) is 0 Å². The zero-order chi connectivity index (χ0) is 15.2. The SMILES string of the molecule is CCC1CNCC(c2cncc(OCc3ccccc3)n2)N1. The molecule has 1 saturated heterocycles. The van der Waals surface area contributed by atoms with Crippen molar-refractivity contribution in [1.29, 1.82) is 0 Å². The minimum absolute atomic E-state index is 0.187. The van der Waals surface area contributed by atoms with Crippen molar-refractivity contribution in [1.82, 2.24) is 20.6 Å². The maximum absolute atomic E-state index is 5.75. The Morgan fingerprint density at radius 2 is 2.05 bits per heavy atom. The van der Waals surface area contributed by atoms with Gasteiger partial charge in [0, 0.05) is 19.1 Å². The number of piperazine rings is 1. The van der Waals surface area contributed by atoms with Gasteiger partial charge in [-0.15, -0.1) is 0 Å². The third-order valence-electron chi connectivity index (χ3n) is 3.89. The molecule has 116 valence electrons. The second kappa shape index (κ2) is 7.33. The van der Waals surface area contributed by atoms with Crippen LogP contribution in [0.1, 0.15) is 30.6 Å². The molecule has 0 bridgehead atoms. The Labute approximate surface area is 131 Å². The minimum Gasteiger partial charge on any atom is -0.472 e. The van der Waals surface area contributed by atoms with Gasteiger partial charge in [-0.05, 0) is 12.0 Å². The zero-order valence-electron chi connectivity index (χ0n) is 12.8. The van der Waals surface area contributed by atoms with E-state index in [4.69, 9.17) is 4.74 Å². The highest BCUT2D eigenvalue weighted by atomic mass is 16.5. The monoisotopic (exact) mass is 298 g/mol. The first-order valence-electron chi connectivity index (χ1n) is 7.80. The van der Waals surface area contributed by atoms with E-state index in [-0.39, 0.29) is 6.04 Å². The van der Waals surface area contributed by atoms with Gasteiger partial charge in [-0.2, -0.15) is 0 Å². The van der Waals surface area contributed by atoms with E-state index >= 15 is 0 Å². The average molecular weight is 298 g/mol.